The Morgan fingerprint density at radius 3 is 2.30 bits per heavy atom. The van der Waals surface area contributed by atoms with Crippen LogP contribution in [0.5, 0.6) is 0 Å². The lowest BCUT2D eigenvalue weighted by atomic mass is 10.0. The number of benzene rings is 2. The smallest absolute Gasteiger partial charge is 0.261 e. The Balaban J connectivity index is 1.30. The van der Waals surface area contributed by atoms with Crippen molar-refractivity contribution in [2.45, 2.75) is 51.6 Å². The lowest BCUT2D eigenvalue weighted by Gasteiger charge is -2.32. The lowest BCUT2D eigenvalue weighted by molar-refractivity contribution is -0.132. The van der Waals surface area contributed by atoms with Crippen LogP contribution in [0.4, 0.5) is 0 Å². The zero-order valence-electron chi connectivity index (χ0n) is 19.0. The number of hydrogen-bond acceptors (Lipinski definition) is 4. The molecule has 2 aromatic carbocycles. The van der Waals surface area contributed by atoms with E-state index in [0.29, 0.717) is 43.5 Å². The Kier molecular flexibility index (Phi) is 6.58. The number of nitrogens with one attached hydrogen (secondary N) is 1. The van der Waals surface area contributed by atoms with Gasteiger partial charge in [-0.1, -0.05) is 30.3 Å². The third kappa shape index (κ3) is 4.82. The van der Waals surface area contributed by atoms with E-state index in [1.54, 1.807) is 26.0 Å². The van der Waals surface area contributed by atoms with Gasteiger partial charge < -0.3 is 10.2 Å². The van der Waals surface area contributed by atoms with Gasteiger partial charge in [0.1, 0.15) is 0 Å². The monoisotopic (exact) mass is 447 g/mol. The molecule has 2 aliphatic rings. The first-order valence-electron chi connectivity index (χ1n) is 11.5. The van der Waals surface area contributed by atoms with Gasteiger partial charge in [-0.15, -0.1) is 0 Å². The van der Waals surface area contributed by atoms with E-state index < -0.39 is 0 Å². The molecule has 0 spiro atoms. The van der Waals surface area contributed by atoms with Crippen molar-refractivity contribution in [3.05, 3.63) is 70.8 Å². The second kappa shape index (κ2) is 9.57. The first kappa shape index (κ1) is 22.7. The summed E-state index contributed by atoms with van der Waals surface area (Å²) in [7, 11) is 0. The molecule has 7 heteroatoms. The number of likely N-dealkylation sites (tertiary alicyclic amines) is 1. The molecule has 1 saturated heterocycles. The minimum absolute atomic E-state index is 0.0339. The van der Waals surface area contributed by atoms with E-state index in [9.17, 15) is 19.2 Å². The van der Waals surface area contributed by atoms with Gasteiger partial charge in [0.15, 0.2) is 0 Å². The lowest BCUT2D eigenvalue weighted by Crippen LogP contribution is -2.46. The Bertz CT molecular complexity index is 1070. The summed E-state index contributed by atoms with van der Waals surface area (Å²) in [6.45, 7) is 4.79. The van der Waals surface area contributed by atoms with E-state index >= 15 is 0 Å². The third-order valence-corrected chi connectivity index (χ3v) is 6.35. The van der Waals surface area contributed by atoms with E-state index in [1.807, 2.05) is 35.2 Å². The highest BCUT2D eigenvalue weighted by Crippen LogP contribution is 2.26. The summed E-state index contributed by atoms with van der Waals surface area (Å²) in [5, 5.41) is 3.02. The first-order valence-corrected chi connectivity index (χ1v) is 11.5. The number of carbonyl (C=O) groups is 4. The Labute approximate surface area is 193 Å². The highest BCUT2D eigenvalue weighted by atomic mass is 16.2. The summed E-state index contributed by atoms with van der Waals surface area (Å²) in [6.07, 6.45) is 2.58. The van der Waals surface area contributed by atoms with Gasteiger partial charge in [0.25, 0.3) is 17.7 Å². The molecule has 1 fully saturated rings. The van der Waals surface area contributed by atoms with Crippen LogP contribution in [0, 0.1) is 0 Å². The number of piperidine rings is 1. The molecule has 0 atom stereocenters. The number of amides is 4. The number of aryl methyl sites for hydroxylation is 1. The molecule has 172 valence electrons. The van der Waals surface area contributed by atoms with Crippen molar-refractivity contribution in [3.63, 3.8) is 0 Å². The zero-order valence-corrected chi connectivity index (χ0v) is 19.0. The molecule has 7 nitrogen and oxygen atoms in total. The maximum absolute atomic E-state index is 12.8. The van der Waals surface area contributed by atoms with Crippen molar-refractivity contribution in [2.75, 3.05) is 13.1 Å². The van der Waals surface area contributed by atoms with Gasteiger partial charge in [0, 0.05) is 37.2 Å². The van der Waals surface area contributed by atoms with Gasteiger partial charge in [-0.2, -0.15) is 0 Å². The summed E-state index contributed by atoms with van der Waals surface area (Å²) in [4.78, 5) is 53.4. The average molecular weight is 448 g/mol. The van der Waals surface area contributed by atoms with Crippen molar-refractivity contribution in [1.82, 2.24) is 15.1 Å². The van der Waals surface area contributed by atoms with Crippen molar-refractivity contribution in [1.29, 1.82) is 0 Å². The molecule has 33 heavy (non-hydrogen) atoms. The zero-order chi connectivity index (χ0) is 23.5. The van der Waals surface area contributed by atoms with Gasteiger partial charge in [-0.05, 0) is 56.9 Å². The van der Waals surface area contributed by atoms with Crippen LogP contribution in [0.15, 0.2) is 48.5 Å². The van der Waals surface area contributed by atoms with Crippen LogP contribution in [-0.4, -0.2) is 58.6 Å². The van der Waals surface area contributed by atoms with Crippen molar-refractivity contribution < 1.29 is 19.2 Å². The molecule has 2 aliphatic heterocycles. The number of nitrogens with zero attached hydrogens (tertiary/aromatic N) is 2. The third-order valence-electron chi connectivity index (χ3n) is 6.35. The quantitative estimate of drug-likeness (QED) is 0.690. The summed E-state index contributed by atoms with van der Waals surface area (Å²) in [5.41, 5.74) is 2.13. The predicted molar refractivity (Wildman–Crippen MR) is 124 cm³/mol. The fraction of sp³-hybridized carbons (Fsp3) is 0.385. The highest BCUT2D eigenvalue weighted by molar-refractivity contribution is 6.22. The molecule has 4 rings (SSSR count). The van der Waals surface area contributed by atoms with E-state index in [4.69, 9.17) is 0 Å². The van der Waals surface area contributed by atoms with Crippen LogP contribution < -0.4 is 5.32 Å². The van der Waals surface area contributed by atoms with Gasteiger partial charge in [-0.3, -0.25) is 24.1 Å². The minimum Gasteiger partial charge on any atom is -0.349 e. The molecule has 2 aromatic rings. The van der Waals surface area contributed by atoms with E-state index in [1.165, 1.54) is 11.0 Å². The molecule has 0 bridgehead atoms. The Hall–Kier alpha value is -3.48. The van der Waals surface area contributed by atoms with Gasteiger partial charge >= 0.3 is 0 Å². The molecule has 1 N–H and O–H groups in total. The van der Waals surface area contributed by atoms with Gasteiger partial charge in [0.05, 0.1) is 11.1 Å². The standard InChI is InChI=1S/C26H29N3O4/c1-17(2)29-25(32)21-10-9-19(16-22(21)26(29)33)24(31)27-20-12-14-28(15-13-20)23(30)11-8-18-6-4-3-5-7-18/h3-7,9-10,16-17,20H,8,11-15H2,1-2H3,(H,27,31). The van der Waals surface area contributed by atoms with Crippen LogP contribution in [0.1, 0.15) is 69.7 Å². The van der Waals surface area contributed by atoms with Crippen LogP contribution in [-0.2, 0) is 11.2 Å². The summed E-state index contributed by atoms with van der Waals surface area (Å²) in [5.74, 6) is -0.807. The molecule has 0 unspecified atom stereocenters. The Morgan fingerprint density at radius 2 is 1.64 bits per heavy atom. The van der Waals surface area contributed by atoms with Gasteiger partial charge in [0.2, 0.25) is 5.91 Å². The molecule has 0 saturated carbocycles. The number of rotatable bonds is 6. The fourth-order valence-corrected chi connectivity index (χ4v) is 4.47. The second-order valence-electron chi connectivity index (χ2n) is 8.95. The topological polar surface area (TPSA) is 86.8 Å². The fourth-order valence-electron chi connectivity index (χ4n) is 4.47. The molecule has 0 aromatic heterocycles. The van der Waals surface area contributed by atoms with E-state index in [2.05, 4.69) is 5.32 Å². The van der Waals surface area contributed by atoms with E-state index in [0.717, 1.165) is 12.0 Å². The molecule has 4 amide bonds. The SMILES string of the molecule is CC(C)N1C(=O)c2ccc(C(=O)NC3CCN(C(=O)CCc4ccccc4)CC3)cc2C1=O. The average Bonchev–Trinajstić information content (AvgIpc) is 3.08. The van der Waals surface area contributed by atoms with Crippen LogP contribution in [0.25, 0.3) is 0 Å². The highest BCUT2D eigenvalue weighted by Gasteiger charge is 2.37. The predicted octanol–water partition coefficient (Wildman–Crippen LogP) is 3.04. The number of fused-ring (bicyclic) bond motifs is 1. The van der Waals surface area contributed by atoms with Crippen LogP contribution >= 0.6 is 0 Å². The molecular weight excluding hydrogens is 418 g/mol. The number of imide groups is 1. The molecule has 0 radical (unpaired) electrons. The Morgan fingerprint density at radius 1 is 0.970 bits per heavy atom. The number of hydrogen-bond donors (Lipinski definition) is 1. The van der Waals surface area contributed by atoms with Crippen LogP contribution in [0.2, 0.25) is 0 Å². The van der Waals surface area contributed by atoms with Gasteiger partial charge in [-0.25, -0.2) is 0 Å². The van der Waals surface area contributed by atoms with Crippen LogP contribution in [0.3, 0.4) is 0 Å². The summed E-state index contributed by atoms with van der Waals surface area (Å²) in [6, 6.07) is 14.3. The second-order valence-corrected chi connectivity index (χ2v) is 8.95. The first-order chi connectivity index (χ1) is 15.8. The molecular formula is C26H29N3O4. The summed E-state index contributed by atoms with van der Waals surface area (Å²) < 4.78 is 0. The van der Waals surface area contributed by atoms with Crippen molar-refractivity contribution in [2.24, 2.45) is 0 Å². The maximum Gasteiger partial charge on any atom is 0.261 e. The normalized spacial score (nSPS) is 16.3. The number of carbonyl (C=O) groups excluding carboxylic acids is 4. The van der Waals surface area contributed by atoms with E-state index in [-0.39, 0.29) is 41.3 Å². The maximum atomic E-state index is 12.8. The molecule has 0 aliphatic carbocycles. The largest absolute Gasteiger partial charge is 0.349 e. The minimum atomic E-state index is -0.359. The van der Waals surface area contributed by atoms with Crippen molar-refractivity contribution in [3.8, 4) is 0 Å². The van der Waals surface area contributed by atoms with Crippen molar-refractivity contribution >= 4 is 23.6 Å². The summed E-state index contributed by atoms with van der Waals surface area (Å²) >= 11 is 0. The molecule has 2 heterocycles.